The third-order valence-corrected chi connectivity index (χ3v) is 2.18. The van der Waals surface area contributed by atoms with Crippen molar-refractivity contribution in [3.05, 3.63) is 36.4 Å². The summed E-state index contributed by atoms with van der Waals surface area (Å²) < 4.78 is 1.60. The lowest BCUT2D eigenvalue weighted by atomic mass is 10.2. The van der Waals surface area contributed by atoms with Crippen molar-refractivity contribution < 1.29 is 4.79 Å². The molecule has 0 aliphatic heterocycles. The maximum absolute atomic E-state index is 11.9. The summed E-state index contributed by atoms with van der Waals surface area (Å²) in [6.07, 6.45) is 6.25. The van der Waals surface area contributed by atoms with E-state index in [0.717, 1.165) is 0 Å². The van der Waals surface area contributed by atoms with Gasteiger partial charge < -0.3 is 10.7 Å². The summed E-state index contributed by atoms with van der Waals surface area (Å²) in [5, 5.41) is 6.65. The van der Waals surface area contributed by atoms with E-state index in [1.807, 2.05) is 0 Å². The number of nitrogen functional groups attached to an aromatic ring is 1. The van der Waals surface area contributed by atoms with Gasteiger partial charge in [0.2, 0.25) is 0 Å². The number of aromatic nitrogens is 3. The number of hydrazine groups is 1. The minimum absolute atomic E-state index is 0.293. The van der Waals surface area contributed by atoms with E-state index in [1.54, 1.807) is 36.4 Å². The number of amides is 1. The monoisotopic (exact) mass is 232 g/mol. The first kappa shape index (κ1) is 11.1. The number of rotatable bonds is 3. The van der Waals surface area contributed by atoms with Crippen LogP contribution in [0.4, 0.5) is 11.4 Å². The van der Waals surface area contributed by atoms with Gasteiger partial charge in [0.15, 0.2) is 0 Å². The summed E-state index contributed by atoms with van der Waals surface area (Å²) in [6, 6.07) is 1.62. The van der Waals surface area contributed by atoms with Gasteiger partial charge in [-0.3, -0.25) is 20.3 Å². The van der Waals surface area contributed by atoms with Gasteiger partial charge in [0.25, 0.3) is 5.91 Å². The van der Waals surface area contributed by atoms with Crippen molar-refractivity contribution in [2.75, 3.05) is 10.7 Å². The van der Waals surface area contributed by atoms with Crippen LogP contribution in [-0.2, 0) is 7.05 Å². The first-order valence-electron chi connectivity index (χ1n) is 4.91. The number of carbonyl (C=O) groups excluding carboxylic acids is 1. The summed E-state index contributed by atoms with van der Waals surface area (Å²) >= 11 is 0. The maximum atomic E-state index is 11.9. The normalized spacial score (nSPS) is 10.0. The number of hydrogen-bond donors (Lipinski definition) is 3. The fourth-order valence-electron chi connectivity index (χ4n) is 1.39. The minimum Gasteiger partial charge on any atom is -0.323 e. The molecular weight excluding hydrogens is 220 g/mol. The van der Waals surface area contributed by atoms with Gasteiger partial charge in [-0.15, -0.1) is 0 Å². The molecule has 88 valence electrons. The summed E-state index contributed by atoms with van der Waals surface area (Å²) in [5.74, 6) is 5.02. The molecule has 7 nitrogen and oxygen atoms in total. The van der Waals surface area contributed by atoms with Crippen LogP contribution in [0.3, 0.4) is 0 Å². The van der Waals surface area contributed by atoms with Crippen LogP contribution in [0.5, 0.6) is 0 Å². The van der Waals surface area contributed by atoms with Crippen molar-refractivity contribution >= 4 is 17.3 Å². The zero-order chi connectivity index (χ0) is 12.3. The number of aryl methyl sites for hydroxylation is 1. The molecule has 2 aromatic rings. The second-order valence-corrected chi connectivity index (χ2v) is 3.42. The Kier molecular flexibility index (Phi) is 3.01. The molecule has 17 heavy (non-hydrogen) atoms. The molecule has 0 bridgehead atoms. The van der Waals surface area contributed by atoms with Crippen LogP contribution in [0.1, 0.15) is 10.4 Å². The minimum atomic E-state index is -0.293. The highest BCUT2D eigenvalue weighted by molar-refractivity contribution is 6.07. The zero-order valence-electron chi connectivity index (χ0n) is 9.21. The molecule has 2 heterocycles. The average molecular weight is 232 g/mol. The first-order valence-corrected chi connectivity index (χ1v) is 4.91. The summed E-state index contributed by atoms with van der Waals surface area (Å²) in [6.45, 7) is 0. The Morgan fingerprint density at radius 2 is 2.29 bits per heavy atom. The molecule has 1 amide bonds. The number of nitrogens with one attached hydrogen (secondary N) is 2. The Bertz CT molecular complexity index is 535. The third kappa shape index (κ3) is 2.40. The quantitative estimate of drug-likeness (QED) is 0.524. The van der Waals surface area contributed by atoms with Gasteiger partial charge in [-0.05, 0) is 6.07 Å². The van der Waals surface area contributed by atoms with E-state index in [-0.39, 0.29) is 5.91 Å². The summed E-state index contributed by atoms with van der Waals surface area (Å²) in [4.78, 5) is 15.8. The molecule has 0 unspecified atom stereocenters. The van der Waals surface area contributed by atoms with E-state index in [2.05, 4.69) is 20.8 Å². The molecule has 0 aliphatic rings. The number of anilines is 2. The molecule has 7 heteroatoms. The fraction of sp³-hybridized carbons (Fsp3) is 0.100. The molecule has 0 aromatic carbocycles. The number of carbonyl (C=O) groups is 1. The van der Waals surface area contributed by atoms with E-state index in [4.69, 9.17) is 5.84 Å². The highest BCUT2D eigenvalue weighted by atomic mass is 16.1. The van der Waals surface area contributed by atoms with Crippen LogP contribution >= 0.6 is 0 Å². The topological polar surface area (TPSA) is 97.9 Å². The molecule has 2 aromatic heterocycles. The van der Waals surface area contributed by atoms with Crippen LogP contribution < -0.4 is 16.6 Å². The number of nitrogens with two attached hydrogens (primary N) is 1. The molecule has 0 aliphatic carbocycles. The Morgan fingerprint density at radius 3 is 2.94 bits per heavy atom. The van der Waals surface area contributed by atoms with Crippen LogP contribution in [0.2, 0.25) is 0 Å². The Balaban J connectivity index is 2.20. The number of hydrogen-bond acceptors (Lipinski definition) is 5. The fourth-order valence-corrected chi connectivity index (χ4v) is 1.39. The van der Waals surface area contributed by atoms with Crippen LogP contribution in [-0.4, -0.2) is 20.7 Å². The highest BCUT2D eigenvalue weighted by Crippen LogP contribution is 2.14. The van der Waals surface area contributed by atoms with Crippen LogP contribution in [0, 0.1) is 0 Å². The number of nitrogens with zero attached hydrogens (tertiary/aromatic N) is 3. The lowest BCUT2D eigenvalue weighted by Gasteiger charge is -2.07. The van der Waals surface area contributed by atoms with Crippen molar-refractivity contribution in [3.63, 3.8) is 0 Å². The highest BCUT2D eigenvalue weighted by Gasteiger charge is 2.11. The molecule has 4 N–H and O–H groups in total. The lowest BCUT2D eigenvalue weighted by Crippen LogP contribution is -2.17. The van der Waals surface area contributed by atoms with Gasteiger partial charge in [0, 0.05) is 25.6 Å². The van der Waals surface area contributed by atoms with Crippen LogP contribution in [0.25, 0.3) is 0 Å². The van der Waals surface area contributed by atoms with E-state index in [0.29, 0.717) is 16.9 Å². The van der Waals surface area contributed by atoms with Crippen molar-refractivity contribution in [2.24, 2.45) is 12.9 Å². The molecule has 0 saturated carbocycles. The average Bonchev–Trinajstić information content (AvgIpc) is 2.74. The van der Waals surface area contributed by atoms with E-state index < -0.39 is 0 Å². The molecule has 0 fully saturated rings. The second-order valence-electron chi connectivity index (χ2n) is 3.42. The molecule has 0 atom stereocenters. The first-order chi connectivity index (χ1) is 8.20. The molecule has 2 rings (SSSR count). The van der Waals surface area contributed by atoms with Crippen molar-refractivity contribution in [1.29, 1.82) is 0 Å². The summed E-state index contributed by atoms with van der Waals surface area (Å²) in [7, 11) is 1.77. The van der Waals surface area contributed by atoms with Crippen molar-refractivity contribution in [1.82, 2.24) is 14.8 Å². The molecule has 0 spiro atoms. The summed E-state index contributed by atoms with van der Waals surface area (Å²) in [5.41, 5.74) is 3.95. The van der Waals surface area contributed by atoms with Gasteiger partial charge >= 0.3 is 0 Å². The second kappa shape index (κ2) is 4.62. The Hall–Kier alpha value is -2.41. The van der Waals surface area contributed by atoms with Crippen molar-refractivity contribution in [2.45, 2.75) is 0 Å². The van der Waals surface area contributed by atoms with Gasteiger partial charge in [0.05, 0.1) is 23.1 Å². The predicted octanol–water partition coefficient (Wildman–Crippen LogP) is 0.353. The maximum Gasteiger partial charge on any atom is 0.259 e. The van der Waals surface area contributed by atoms with Crippen LogP contribution in [0.15, 0.2) is 30.9 Å². The standard InChI is InChI=1S/C10H12N6O/c1-16-6-7(4-13-16)14-10(17)8-5-12-3-2-9(8)15-11/h2-6H,11H2,1H3,(H,12,15)(H,14,17). The third-order valence-electron chi connectivity index (χ3n) is 2.18. The zero-order valence-corrected chi connectivity index (χ0v) is 9.21. The predicted molar refractivity (Wildman–Crippen MR) is 63.2 cm³/mol. The van der Waals surface area contributed by atoms with Gasteiger partial charge in [-0.25, -0.2) is 0 Å². The van der Waals surface area contributed by atoms with Gasteiger partial charge in [0.1, 0.15) is 0 Å². The Labute approximate surface area is 97.6 Å². The largest absolute Gasteiger partial charge is 0.323 e. The Morgan fingerprint density at radius 1 is 1.47 bits per heavy atom. The van der Waals surface area contributed by atoms with Gasteiger partial charge in [-0.1, -0.05) is 0 Å². The smallest absolute Gasteiger partial charge is 0.259 e. The van der Waals surface area contributed by atoms with E-state index in [9.17, 15) is 4.79 Å². The molecular formula is C10H12N6O. The molecule has 0 saturated heterocycles. The SMILES string of the molecule is Cn1cc(NC(=O)c2cnccc2NN)cn1. The van der Waals surface area contributed by atoms with Crippen molar-refractivity contribution in [3.8, 4) is 0 Å². The molecule has 0 radical (unpaired) electrons. The van der Waals surface area contributed by atoms with E-state index in [1.165, 1.54) is 6.20 Å². The van der Waals surface area contributed by atoms with Gasteiger partial charge in [-0.2, -0.15) is 5.10 Å². The number of pyridine rings is 1. The lowest BCUT2D eigenvalue weighted by molar-refractivity contribution is 0.102. The van der Waals surface area contributed by atoms with E-state index >= 15 is 0 Å².